The van der Waals surface area contributed by atoms with Crippen molar-refractivity contribution in [3.63, 3.8) is 0 Å². The molecule has 4 nitrogen and oxygen atoms in total. The van der Waals surface area contributed by atoms with Crippen LogP contribution in [0.15, 0.2) is 24.3 Å². The Labute approximate surface area is 81.9 Å². The normalized spacial score (nSPS) is 25.5. The number of aryl methyl sites for hydroxylation is 1. The lowest BCUT2D eigenvalue weighted by Crippen LogP contribution is -2.47. The minimum atomic E-state index is -1.37. The Morgan fingerprint density at radius 1 is 1.43 bits per heavy atom. The van der Waals surface area contributed by atoms with Gasteiger partial charge in [-0.25, -0.2) is 0 Å². The first-order valence-corrected chi connectivity index (χ1v) is 4.66. The van der Waals surface area contributed by atoms with Crippen LogP contribution in [0.5, 0.6) is 0 Å². The van der Waals surface area contributed by atoms with Crippen molar-refractivity contribution >= 4 is 0 Å². The van der Waals surface area contributed by atoms with Crippen LogP contribution in [0.3, 0.4) is 0 Å². The van der Waals surface area contributed by atoms with Gasteiger partial charge in [0.2, 0.25) is 0 Å². The molecule has 0 radical (unpaired) electrons. The standard InChI is InChI=1S/C10H12N2O2/c11-10(12(13)14)7-3-5-8-4-1-2-6-9(8)10/h1-2,4,6H,3,5,7,11H2. The van der Waals surface area contributed by atoms with Crippen LogP contribution in [0, 0.1) is 10.1 Å². The van der Waals surface area contributed by atoms with Crippen LogP contribution in [0.4, 0.5) is 0 Å². The van der Waals surface area contributed by atoms with Gasteiger partial charge < -0.3 is 0 Å². The molecule has 0 aliphatic heterocycles. The highest BCUT2D eigenvalue weighted by Crippen LogP contribution is 2.33. The minimum absolute atomic E-state index is 0.370. The fourth-order valence-corrected chi connectivity index (χ4v) is 2.03. The van der Waals surface area contributed by atoms with Crippen molar-refractivity contribution in [1.82, 2.24) is 0 Å². The predicted molar refractivity (Wildman–Crippen MR) is 52.2 cm³/mol. The third kappa shape index (κ3) is 1.19. The van der Waals surface area contributed by atoms with E-state index >= 15 is 0 Å². The Kier molecular flexibility index (Phi) is 2.00. The van der Waals surface area contributed by atoms with Crippen molar-refractivity contribution in [3.05, 3.63) is 45.5 Å². The predicted octanol–water partition coefficient (Wildman–Crippen LogP) is 1.41. The summed E-state index contributed by atoms with van der Waals surface area (Å²) < 4.78 is 0. The number of nitrogens with zero attached hydrogens (tertiary/aromatic N) is 1. The molecule has 0 aromatic heterocycles. The fraction of sp³-hybridized carbons (Fsp3) is 0.400. The number of nitrogens with two attached hydrogens (primary N) is 1. The molecule has 14 heavy (non-hydrogen) atoms. The minimum Gasteiger partial charge on any atom is -0.262 e. The lowest BCUT2D eigenvalue weighted by molar-refractivity contribution is -0.581. The van der Waals surface area contributed by atoms with E-state index in [1.54, 1.807) is 12.1 Å². The van der Waals surface area contributed by atoms with Gasteiger partial charge in [0, 0.05) is 16.9 Å². The van der Waals surface area contributed by atoms with Crippen LogP contribution in [-0.2, 0) is 12.1 Å². The second kappa shape index (κ2) is 3.06. The van der Waals surface area contributed by atoms with E-state index in [1.807, 2.05) is 12.1 Å². The third-order valence-electron chi connectivity index (χ3n) is 2.81. The van der Waals surface area contributed by atoms with Crippen LogP contribution in [0.2, 0.25) is 0 Å². The van der Waals surface area contributed by atoms with E-state index in [4.69, 9.17) is 5.73 Å². The zero-order valence-electron chi connectivity index (χ0n) is 7.77. The molecular formula is C10H12N2O2. The quantitative estimate of drug-likeness (QED) is 0.415. The zero-order valence-corrected chi connectivity index (χ0v) is 7.77. The summed E-state index contributed by atoms with van der Waals surface area (Å²) in [6, 6.07) is 7.37. The van der Waals surface area contributed by atoms with E-state index in [9.17, 15) is 10.1 Å². The molecular weight excluding hydrogens is 180 g/mol. The van der Waals surface area contributed by atoms with Crippen molar-refractivity contribution < 1.29 is 4.92 Å². The summed E-state index contributed by atoms with van der Waals surface area (Å²) in [5, 5.41) is 10.9. The topological polar surface area (TPSA) is 69.2 Å². The maximum Gasteiger partial charge on any atom is 0.298 e. The first kappa shape index (κ1) is 9.15. The summed E-state index contributed by atoms with van der Waals surface area (Å²) in [6.45, 7) is 0. The Morgan fingerprint density at radius 2 is 2.14 bits per heavy atom. The molecule has 0 saturated heterocycles. The Morgan fingerprint density at radius 3 is 2.86 bits per heavy atom. The number of nitro groups is 1. The van der Waals surface area contributed by atoms with Crippen molar-refractivity contribution in [2.45, 2.75) is 24.9 Å². The average Bonchev–Trinajstić information content (AvgIpc) is 2.18. The first-order valence-electron chi connectivity index (χ1n) is 4.66. The van der Waals surface area contributed by atoms with Crippen LogP contribution >= 0.6 is 0 Å². The summed E-state index contributed by atoms with van der Waals surface area (Å²) >= 11 is 0. The van der Waals surface area contributed by atoms with Crippen LogP contribution in [-0.4, -0.2) is 4.92 Å². The van der Waals surface area contributed by atoms with Crippen LogP contribution in [0.1, 0.15) is 24.0 Å². The van der Waals surface area contributed by atoms with E-state index in [0.717, 1.165) is 18.4 Å². The molecule has 74 valence electrons. The van der Waals surface area contributed by atoms with Gasteiger partial charge in [0.1, 0.15) is 0 Å². The molecule has 4 heteroatoms. The van der Waals surface area contributed by atoms with Crippen molar-refractivity contribution in [1.29, 1.82) is 0 Å². The molecule has 1 aliphatic carbocycles. The van der Waals surface area contributed by atoms with Gasteiger partial charge >= 0.3 is 0 Å². The average molecular weight is 192 g/mol. The summed E-state index contributed by atoms with van der Waals surface area (Å²) in [5.74, 6) is 0. The summed E-state index contributed by atoms with van der Waals surface area (Å²) in [4.78, 5) is 10.5. The summed E-state index contributed by atoms with van der Waals surface area (Å²) in [6.07, 6.45) is 2.11. The van der Waals surface area contributed by atoms with Gasteiger partial charge in [0.25, 0.3) is 5.66 Å². The van der Waals surface area contributed by atoms with E-state index < -0.39 is 5.66 Å². The molecule has 1 aliphatic rings. The van der Waals surface area contributed by atoms with Gasteiger partial charge in [-0.05, 0) is 18.4 Å². The molecule has 0 saturated carbocycles. The molecule has 0 fully saturated rings. The molecule has 1 atom stereocenters. The third-order valence-corrected chi connectivity index (χ3v) is 2.81. The van der Waals surface area contributed by atoms with Gasteiger partial charge in [-0.1, -0.05) is 24.3 Å². The largest absolute Gasteiger partial charge is 0.298 e. The second-order valence-electron chi connectivity index (χ2n) is 3.69. The second-order valence-corrected chi connectivity index (χ2v) is 3.69. The summed E-state index contributed by atoms with van der Waals surface area (Å²) in [5.41, 5.74) is 6.14. The number of rotatable bonds is 1. The molecule has 1 aromatic rings. The summed E-state index contributed by atoms with van der Waals surface area (Å²) in [7, 11) is 0. The Balaban J connectivity index is 2.55. The molecule has 0 amide bonds. The Bertz CT molecular complexity index is 378. The van der Waals surface area contributed by atoms with Gasteiger partial charge in [-0.15, -0.1) is 0 Å². The lowest BCUT2D eigenvalue weighted by atomic mass is 9.83. The first-order chi connectivity index (χ1) is 6.64. The highest BCUT2D eigenvalue weighted by Gasteiger charge is 2.43. The molecule has 1 aromatic carbocycles. The van der Waals surface area contributed by atoms with Crippen molar-refractivity contribution in [2.75, 3.05) is 0 Å². The highest BCUT2D eigenvalue weighted by atomic mass is 16.6. The highest BCUT2D eigenvalue weighted by molar-refractivity contribution is 5.33. The van der Waals surface area contributed by atoms with E-state index in [0.29, 0.717) is 12.0 Å². The molecule has 0 spiro atoms. The molecule has 1 unspecified atom stereocenters. The van der Waals surface area contributed by atoms with Gasteiger partial charge in [0.05, 0.1) is 0 Å². The van der Waals surface area contributed by atoms with E-state index in [-0.39, 0.29) is 4.92 Å². The van der Waals surface area contributed by atoms with E-state index in [1.165, 1.54) is 0 Å². The number of hydrogen-bond acceptors (Lipinski definition) is 3. The monoisotopic (exact) mass is 192 g/mol. The maximum absolute atomic E-state index is 10.9. The number of hydrogen-bond donors (Lipinski definition) is 1. The molecule has 2 rings (SSSR count). The van der Waals surface area contributed by atoms with Crippen LogP contribution < -0.4 is 5.73 Å². The Hall–Kier alpha value is -1.42. The van der Waals surface area contributed by atoms with Gasteiger partial charge in [-0.3, -0.25) is 15.8 Å². The number of benzene rings is 1. The fourth-order valence-electron chi connectivity index (χ4n) is 2.03. The van der Waals surface area contributed by atoms with Crippen molar-refractivity contribution in [3.8, 4) is 0 Å². The van der Waals surface area contributed by atoms with Gasteiger partial charge in [-0.2, -0.15) is 0 Å². The SMILES string of the molecule is NC1([N+](=O)[O-])CCCc2ccccc21. The van der Waals surface area contributed by atoms with E-state index in [2.05, 4.69) is 0 Å². The zero-order chi connectivity index (χ0) is 10.2. The smallest absolute Gasteiger partial charge is 0.262 e. The molecule has 2 N–H and O–H groups in total. The lowest BCUT2D eigenvalue weighted by Gasteiger charge is -2.27. The molecule has 0 bridgehead atoms. The van der Waals surface area contributed by atoms with Crippen molar-refractivity contribution in [2.24, 2.45) is 5.73 Å². The maximum atomic E-state index is 10.9. The van der Waals surface area contributed by atoms with Gasteiger partial charge in [0.15, 0.2) is 0 Å². The number of fused-ring (bicyclic) bond motifs is 1. The van der Waals surface area contributed by atoms with Crippen LogP contribution in [0.25, 0.3) is 0 Å². The molecule has 0 heterocycles.